The molecule has 0 aromatic heterocycles. The van der Waals surface area contributed by atoms with Gasteiger partial charge in [0, 0.05) is 10.9 Å². The molecule has 1 saturated carbocycles. The molecule has 1 N–H and O–H groups in total. The zero-order valence-corrected chi connectivity index (χ0v) is 14.7. The van der Waals surface area contributed by atoms with Crippen LogP contribution in [0.15, 0.2) is 23.1 Å². The van der Waals surface area contributed by atoms with Gasteiger partial charge in [-0.25, -0.2) is 0 Å². The van der Waals surface area contributed by atoms with Gasteiger partial charge in [0.05, 0.1) is 15.8 Å². The summed E-state index contributed by atoms with van der Waals surface area (Å²) in [5, 5.41) is 4.36. The summed E-state index contributed by atoms with van der Waals surface area (Å²) in [7, 11) is 0. The number of carbonyl (C=O) groups excluding carboxylic acids is 1. The average molecular weight is 346 g/mol. The van der Waals surface area contributed by atoms with Gasteiger partial charge in [0.1, 0.15) is 0 Å². The molecule has 1 amide bonds. The van der Waals surface area contributed by atoms with Gasteiger partial charge in [-0.15, -0.1) is 11.8 Å². The second kappa shape index (κ2) is 7.75. The third kappa shape index (κ3) is 4.54. The minimum absolute atomic E-state index is 0.0573. The van der Waals surface area contributed by atoms with E-state index in [0.29, 0.717) is 33.7 Å². The van der Waals surface area contributed by atoms with Gasteiger partial charge in [-0.1, -0.05) is 56.0 Å². The highest BCUT2D eigenvalue weighted by atomic mass is 35.5. The molecule has 5 heteroatoms. The van der Waals surface area contributed by atoms with Crippen LogP contribution in [0.1, 0.15) is 33.1 Å². The third-order valence-electron chi connectivity index (χ3n) is 4.32. The van der Waals surface area contributed by atoms with Gasteiger partial charge in [0.25, 0.3) is 0 Å². The van der Waals surface area contributed by atoms with E-state index in [2.05, 4.69) is 19.2 Å². The lowest BCUT2D eigenvalue weighted by Gasteiger charge is -2.34. The van der Waals surface area contributed by atoms with Crippen molar-refractivity contribution in [1.82, 2.24) is 5.32 Å². The van der Waals surface area contributed by atoms with Crippen LogP contribution in [0, 0.1) is 11.8 Å². The summed E-state index contributed by atoms with van der Waals surface area (Å²) in [6.07, 6.45) is 3.53. The molecule has 1 aromatic carbocycles. The summed E-state index contributed by atoms with van der Waals surface area (Å²) < 4.78 is 0. The zero-order chi connectivity index (χ0) is 15.4. The number of amides is 1. The molecule has 0 saturated heterocycles. The average Bonchev–Trinajstić information content (AvgIpc) is 2.43. The van der Waals surface area contributed by atoms with Crippen LogP contribution in [0.5, 0.6) is 0 Å². The van der Waals surface area contributed by atoms with Crippen molar-refractivity contribution in [3.8, 4) is 0 Å². The lowest BCUT2D eigenvalue weighted by atomic mass is 9.78. The highest BCUT2D eigenvalue weighted by Gasteiger charge is 2.28. The van der Waals surface area contributed by atoms with Crippen LogP contribution in [-0.4, -0.2) is 17.7 Å². The largest absolute Gasteiger partial charge is 0.352 e. The van der Waals surface area contributed by atoms with Crippen LogP contribution >= 0.6 is 35.0 Å². The lowest BCUT2D eigenvalue weighted by molar-refractivity contribution is -0.119. The molecule has 1 aromatic rings. The van der Waals surface area contributed by atoms with E-state index in [1.807, 2.05) is 0 Å². The quantitative estimate of drug-likeness (QED) is 0.775. The maximum atomic E-state index is 12.1. The van der Waals surface area contributed by atoms with E-state index in [9.17, 15) is 4.79 Å². The van der Waals surface area contributed by atoms with Crippen LogP contribution in [0.2, 0.25) is 10.0 Å². The third-order valence-corrected chi connectivity index (χ3v) is 6.31. The Balaban J connectivity index is 1.88. The van der Waals surface area contributed by atoms with Crippen LogP contribution in [0.25, 0.3) is 0 Å². The van der Waals surface area contributed by atoms with Gasteiger partial charge in [-0.3, -0.25) is 4.79 Å². The van der Waals surface area contributed by atoms with E-state index >= 15 is 0 Å². The van der Waals surface area contributed by atoms with Crippen molar-refractivity contribution in [2.45, 2.75) is 44.0 Å². The Hall–Kier alpha value is -0.380. The highest BCUT2D eigenvalue weighted by Crippen LogP contribution is 2.34. The Kier molecular flexibility index (Phi) is 6.27. The fraction of sp³-hybridized carbons (Fsp3) is 0.562. The molecule has 0 unspecified atom stereocenters. The molecule has 1 fully saturated rings. The predicted octanol–water partition coefficient (Wildman–Crippen LogP) is 5.03. The summed E-state index contributed by atoms with van der Waals surface area (Å²) in [6.45, 7) is 4.49. The van der Waals surface area contributed by atoms with E-state index < -0.39 is 0 Å². The van der Waals surface area contributed by atoms with Gasteiger partial charge in [-0.2, -0.15) is 0 Å². The number of hydrogen-bond donors (Lipinski definition) is 1. The second-order valence-electron chi connectivity index (χ2n) is 5.78. The van der Waals surface area contributed by atoms with E-state index in [0.717, 1.165) is 11.3 Å². The zero-order valence-electron chi connectivity index (χ0n) is 12.4. The number of halogens is 2. The van der Waals surface area contributed by atoms with Gasteiger partial charge >= 0.3 is 0 Å². The summed E-state index contributed by atoms with van der Waals surface area (Å²) >= 11 is 13.6. The number of nitrogens with one attached hydrogen (secondary N) is 1. The minimum atomic E-state index is 0.0573. The summed E-state index contributed by atoms with van der Waals surface area (Å²) in [4.78, 5) is 12.9. The molecule has 2 rings (SSSR count). The molecule has 21 heavy (non-hydrogen) atoms. The molecule has 1 aliphatic carbocycles. The normalized spacial score (nSPS) is 25.6. The Bertz CT molecular complexity index is 489. The van der Waals surface area contributed by atoms with Crippen LogP contribution < -0.4 is 5.32 Å². The Morgan fingerprint density at radius 3 is 2.62 bits per heavy atom. The molecule has 0 spiro atoms. The fourth-order valence-corrected chi connectivity index (χ4v) is 4.29. The topological polar surface area (TPSA) is 29.1 Å². The van der Waals surface area contributed by atoms with E-state index in [1.165, 1.54) is 24.6 Å². The first-order chi connectivity index (χ1) is 9.99. The van der Waals surface area contributed by atoms with Crippen LogP contribution in [-0.2, 0) is 4.79 Å². The summed E-state index contributed by atoms with van der Waals surface area (Å²) in [5.74, 6) is 1.62. The fourth-order valence-electron chi connectivity index (χ4n) is 2.79. The monoisotopic (exact) mass is 345 g/mol. The van der Waals surface area contributed by atoms with Crippen LogP contribution in [0.3, 0.4) is 0 Å². The Morgan fingerprint density at radius 1 is 1.29 bits per heavy atom. The van der Waals surface area contributed by atoms with E-state index in [4.69, 9.17) is 23.2 Å². The molecule has 0 heterocycles. The van der Waals surface area contributed by atoms with E-state index in [1.54, 1.807) is 18.2 Å². The number of benzene rings is 1. The van der Waals surface area contributed by atoms with Gasteiger partial charge in [0.15, 0.2) is 0 Å². The summed E-state index contributed by atoms with van der Waals surface area (Å²) in [6, 6.07) is 5.68. The van der Waals surface area contributed by atoms with Crippen molar-refractivity contribution in [2.75, 3.05) is 5.75 Å². The molecule has 1 aliphatic rings. The molecule has 2 nitrogen and oxygen atoms in total. The van der Waals surface area contributed by atoms with Crippen molar-refractivity contribution in [2.24, 2.45) is 11.8 Å². The maximum absolute atomic E-state index is 12.1. The molecule has 0 aliphatic heterocycles. The standard InChI is InChI=1S/C16H21Cl2NOS/c1-10-5-3-8-14(11(10)2)19-15(20)9-21-16-12(17)6-4-7-13(16)18/h4,6-7,10-11,14H,3,5,8-9H2,1-2H3,(H,19,20)/t10-,11+,14-/m0/s1. The van der Waals surface area contributed by atoms with E-state index in [-0.39, 0.29) is 5.91 Å². The molecular weight excluding hydrogens is 325 g/mol. The van der Waals surface area contributed by atoms with Crippen LogP contribution in [0.4, 0.5) is 0 Å². The van der Waals surface area contributed by atoms with Crippen molar-refractivity contribution < 1.29 is 4.79 Å². The van der Waals surface area contributed by atoms with Gasteiger partial charge in [0.2, 0.25) is 5.91 Å². The molecule has 0 radical (unpaired) electrons. The Morgan fingerprint density at radius 2 is 1.95 bits per heavy atom. The van der Waals surface area contributed by atoms with Gasteiger partial charge in [-0.05, 0) is 30.4 Å². The summed E-state index contributed by atoms with van der Waals surface area (Å²) in [5.41, 5.74) is 0. The lowest BCUT2D eigenvalue weighted by Crippen LogP contribution is -2.44. The van der Waals surface area contributed by atoms with Crippen molar-refractivity contribution in [3.63, 3.8) is 0 Å². The number of hydrogen-bond acceptors (Lipinski definition) is 2. The maximum Gasteiger partial charge on any atom is 0.230 e. The molecular formula is C16H21Cl2NOS. The first kappa shape index (κ1) is 17.0. The number of thioether (sulfide) groups is 1. The van der Waals surface area contributed by atoms with Crippen molar-refractivity contribution >= 4 is 40.9 Å². The molecule has 3 atom stereocenters. The SMILES string of the molecule is C[C@H]1[C@@H](NC(=O)CSc2c(Cl)cccc2Cl)CCC[C@@H]1C. The Labute approximate surface area is 141 Å². The highest BCUT2D eigenvalue weighted by molar-refractivity contribution is 8.00. The smallest absolute Gasteiger partial charge is 0.230 e. The predicted molar refractivity (Wildman–Crippen MR) is 91.3 cm³/mol. The van der Waals surface area contributed by atoms with Crippen molar-refractivity contribution in [1.29, 1.82) is 0 Å². The number of rotatable bonds is 4. The number of carbonyl (C=O) groups is 1. The molecule has 116 valence electrons. The molecule has 0 bridgehead atoms. The van der Waals surface area contributed by atoms with Crippen molar-refractivity contribution in [3.05, 3.63) is 28.2 Å². The first-order valence-corrected chi connectivity index (χ1v) is 9.09. The van der Waals surface area contributed by atoms with Gasteiger partial charge < -0.3 is 5.32 Å². The second-order valence-corrected chi connectivity index (χ2v) is 7.58. The first-order valence-electron chi connectivity index (χ1n) is 7.35. The minimum Gasteiger partial charge on any atom is -0.352 e.